The van der Waals surface area contributed by atoms with Crippen molar-refractivity contribution in [1.82, 2.24) is 10.2 Å². The average Bonchev–Trinajstić information content (AvgIpc) is 2.47. The molecule has 0 saturated carbocycles. The molecule has 2 aromatic rings. The lowest BCUT2D eigenvalue weighted by molar-refractivity contribution is 1.12. The molecule has 13 heavy (non-hydrogen) atoms. The lowest BCUT2D eigenvalue weighted by Crippen LogP contribution is -1.84. The summed E-state index contributed by atoms with van der Waals surface area (Å²) in [5.41, 5.74) is 6.82. The Morgan fingerprint density at radius 1 is 1.54 bits per heavy atom. The second-order valence-corrected chi connectivity index (χ2v) is 3.51. The van der Waals surface area contributed by atoms with Crippen LogP contribution < -0.4 is 5.73 Å². The van der Waals surface area contributed by atoms with Gasteiger partial charge < -0.3 is 5.73 Å². The van der Waals surface area contributed by atoms with Gasteiger partial charge in [-0.15, -0.1) is 0 Å². The minimum absolute atomic E-state index is 0.410. The van der Waals surface area contributed by atoms with E-state index >= 15 is 0 Å². The van der Waals surface area contributed by atoms with Crippen LogP contribution in [0.1, 0.15) is 5.56 Å². The first-order valence-corrected chi connectivity index (χ1v) is 4.35. The molecule has 0 bridgehead atoms. The lowest BCUT2D eigenvalue weighted by Gasteiger charge is -1.94. The number of nitrogen functional groups attached to an aromatic ring is 1. The van der Waals surface area contributed by atoms with E-state index in [-0.39, 0.29) is 0 Å². The van der Waals surface area contributed by atoms with Gasteiger partial charge in [0.05, 0.1) is 11.1 Å². The number of hydrogen-bond acceptors (Lipinski definition) is 3. The second kappa shape index (κ2) is 2.75. The van der Waals surface area contributed by atoms with Crippen molar-refractivity contribution in [2.24, 2.45) is 0 Å². The van der Waals surface area contributed by atoms with Crippen molar-refractivity contribution >= 4 is 32.7 Å². The number of aromatic nitrogens is 2. The highest BCUT2D eigenvalue weighted by atomic mass is 79.9. The maximum absolute atomic E-state index is 8.81. The number of nitriles is 1. The molecule has 0 atom stereocenters. The number of anilines is 1. The third kappa shape index (κ3) is 1.15. The molecule has 1 aromatic heterocycles. The molecule has 0 amide bonds. The Balaban J connectivity index is 2.94. The summed E-state index contributed by atoms with van der Waals surface area (Å²) in [6.07, 6.45) is 0. The minimum atomic E-state index is 0.410. The number of benzene rings is 1. The van der Waals surface area contributed by atoms with E-state index < -0.39 is 0 Å². The number of H-pyrrole nitrogens is 1. The summed E-state index contributed by atoms with van der Waals surface area (Å²) in [4.78, 5) is 0. The Labute approximate surface area is 82.5 Å². The van der Waals surface area contributed by atoms with E-state index in [1.54, 1.807) is 6.07 Å². The predicted molar refractivity (Wildman–Crippen MR) is 52.9 cm³/mol. The Kier molecular flexibility index (Phi) is 1.71. The van der Waals surface area contributed by atoms with Gasteiger partial charge in [0.2, 0.25) is 0 Å². The van der Waals surface area contributed by atoms with Gasteiger partial charge in [0.25, 0.3) is 0 Å². The number of nitrogens with two attached hydrogens (primary N) is 1. The van der Waals surface area contributed by atoms with Crippen LogP contribution in [0, 0.1) is 11.3 Å². The maximum atomic E-state index is 8.81. The molecule has 1 aromatic carbocycles. The zero-order valence-electron chi connectivity index (χ0n) is 6.50. The zero-order valence-corrected chi connectivity index (χ0v) is 8.09. The van der Waals surface area contributed by atoms with Crippen LogP contribution in [0.25, 0.3) is 10.9 Å². The first-order valence-electron chi connectivity index (χ1n) is 3.55. The molecule has 0 aliphatic heterocycles. The molecule has 0 fully saturated rings. The van der Waals surface area contributed by atoms with Gasteiger partial charge in [-0.2, -0.15) is 10.4 Å². The molecular formula is C8H5BrN4. The maximum Gasteiger partial charge on any atom is 0.153 e. The third-order valence-corrected chi connectivity index (χ3v) is 2.25. The van der Waals surface area contributed by atoms with E-state index in [0.29, 0.717) is 16.9 Å². The van der Waals surface area contributed by atoms with Crippen molar-refractivity contribution in [3.63, 3.8) is 0 Å². The predicted octanol–water partition coefficient (Wildman–Crippen LogP) is 1.78. The SMILES string of the molecule is N#Cc1cc(Br)cc2c(N)n[nH]c12. The fourth-order valence-corrected chi connectivity index (χ4v) is 1.65. The van der Waals surface area contributed by atoms with E-state index in [1.165, 1.54) is 0 Å². The summed E-state index contributed by atoms with van der Waals surface area (Å²) in [6.45, 7) is 0. The van der Waals surface area contributed by atoms with Crippen LogP contribution in [0.4, 0.5) is 5.82 Å². The van der Waals surface area contributed by atoms with E-state index in [2.05, 4.69) is 32.2 Å². The Bertz CT molecular complexity index is 509. The molecule has 5 heteroatoms. The molecule has 0 aliphatic carbocycles. The van der Waals surface area contributed by atoms with Crippen molar-refractivity contribution in [2.75, 3.05) is 5.73 Å². The van der Waals surface area contributed by atoms with Crippen LogP contribution in [-0.2, 0) is 0 Å². The highest BCUT2D eigenvalue weighted by molar-refractivity contribution is 9.10. The molecule has 3 N–H and O–H groups in total. The molecule has 0 aliphatic rings. The quantitative estimate of drug-likeness (QED) is 0.732. The first-order chi connectivity index (χ1) is 6.22. The molecule has 1 heterocycles. The van der Waals surface area contributed by atoms with Crippen LogP contribution in [-0.4, -0.2) is 10.2 Å². The summed E-state index contributed by atoms with van der Waals surface area (Å²) in [5, 5.41) is 16.1. The molecule has 0 saturated heterocycles. The lowest BCUT2D eigenvalue weighted by atomic mass is 10.1. The highest BCUT2D eigenvalue weighted by Gasteiger charge is 2.07. The summed E-state index contributed by atoms with van der Waals surface area (Å²) < 4.78 is 0.824. The summed E-state index contributed by atoms with van der Waals surface area (Å²) in [7, 11) is 0. The van der Waals surface area contributed by atoms with Crippen molar-refractivity contribution < 1.29 is 0 Å². The van der Waals surface area contributed by atoms with Gasteiger partial charge in [-0.05, 0) is 12.1 Å². The molecule has 64 valence electrons. The number of nitrogens with one attached hydrogen (secondary N) is 1. The third-order valence-electron chi connectivity index (χ3n) is 1.79. The number of aromatic amines is 1. The van der Waals surface area contributed by atoms with Crippen LogP contribution in [0.15, 0.2) is 16.6 Å². The normalized spacial score (nSPS) is 10.2. The smallest absolute Gasteiger partial charge is 0.153 e. The number of halogens is 1. The minimum Gasteiger partial charge on any atom is -0.382 e. The van der Waals surface area contributed by atoms with Crippen LogP contribution in [0.3, 0.4) is 0 Å². The molecule has 0 radical (unpaired) electrons. The Morgan fingerprint density at radius 3 is 3.00 bits per heavy atom. The van der Waals surface area contributed by atoms with Crippen LogP contribution >= 0.6 is 15.9 Å². The topological polar surface area (TPSA) is 78.5 Å². The van der Waals surface area contributed by atoms with E-state index in [0.717, 1.165) is 9.86 Å². The van der Waals surface area contributed by atoms with Gasteiger partial charge in [-0.25, -0.2) is 0 Å². The number of nitrogens with zero attached hydrogens (tertiary/aromatic N) is 2. The first kappa shape index (κ1) is 8.08. The van der Waals surface area contributed by atoms with Crippen molar-refractivity contribution in [2.45, 2.75) is 0 Å². The van der Waals surface area contributed by atoms with Crippen LogP contribution in [0.5, 0.6) is 0 Å². The van der Waals surface area contributed by atoms with Crippen molar-refractivity contribution in [3.8, 4) is 6.07 Å². The van der Waals surface area contributed by atoms with Gasteiger partial charge >= 0.3 is 0 Å². The standard InChI is InChI=1S/C8H5BrN4/c9-5-1-4(3-10)7-6(2-5)8(11)13-12-7/h1-2H,(H3,11,12,13). The molecule has 2 rings (SSSR count). The number of rotatable bonds is 0. The van der Waals surface area contributed by atoms with Crippen molar-refractivity contribution in [3.05, 3.63) is 22.2 Å². The van der Waals surface area contributed by atoms with E-state index in [9.17, 15) is 0 Å². The average molecular weight is 237 g/mol. The van der Waals surface area contributed by atoms with Gasteiger partial charge in [0.1, 0.15) is 6.07 Å². The Hall–Kier alpha value is -1.54. The number of fused-ring (bicyclic) bond motifs is 1. The fraction of sp³-hybridized carbons (Fsp3) is 0. The van der Waals surface area contributed by atoms with E-state index in [4.69, 9.17) is 11.0 Å². The molecule has 0 unspecified atom stereocenters. The van der Waals surface area contributed by atoms with E-state index in [1.807, 2.05) is 6.07 Å². The van der Waals surface area contributed by atoms with Crippen molar-refractivity contribution in [1.29, 1.82) is 5.26 Å². The van der Waals surface area contributed by atoms with Gasteiger partial charge in [-0.1, -0.05) is 15.9 Å². The summed E-state index contributed by atoms with van der Waals surface area (Å²) >= 11 is 3.29. The van der Waals surface area contributed by atoms with Gasteiger partial charge in [-0.3, -0.25) is 5.10 Å². The monoisotopic (exact) mass is 236 g/mol. The second-order valence-electron chi connectivity index (χ2n) is 2.60. The van der Waals surface area contributed by atoms with Crippen LogP contribution in [0.2, 0.25) is 0 Å². The molecule has 4 nitrogen and oxygen atoms in total. The zero-order chi connectivity index (χ0) is 9.42. The molecule has 0 spiro atoms. The highest BCUT2D eigenvalue weighted by Crippen LogP contribution is 2.25. The Morgan fingerprint density at radius 2 is 2.31 bits per heavy atom. The van der Waals surface area contributed by atoms with Gasteiger partial charge in [0, 0.05) is 9.86 Å². The summed E-state index contributed by atoms with van der Waals surface area (Å²) in [6, 6.07) is 5.62. The molecular weight excluding hydrogens is 232 g/mol. The van der Waals surface area contributed by atoms with Gasteiger partial charge in [0.15, 0.2) is 5.82 Å². The summed E-state index contributed by atoms with van der Waals surface area (Å²) in [5.74, 6) is 0.410. The largest absolute Gasteiger partial charge is 0.382 e. The fourth-order valence-electron chi connectivity index (χ4n) is 1.19. The number of hydrogen-bond donors (Lipinski definition) is 2.